The fourth-order valence-corrected chi connectivity index (χ4v) is 2.89. The van der Waals surface area contributed by atoms with Crippen LogP contribution in [0.2, 0.25) is 0 Å². The molecule has 8 heteroatoms. The molecule has 2 aromatic carbocycles. The Morgan fingerprint density at radius 3 is 2.73 bits per heavy atom. The largest absolute Gasteiger partial charge is 0.497 e. The third-order valence-electron chi connectivity index (χ3n) is 3.73. The number of anilines is 2. The van der Waals surface area contributed by atoms with Crippen molar-refractivity contribution in [2.75, 3.05) is 12.4 Å². The van der Waals surface area contributed by atoms with Crippen molar-refractivity contribution in [3.63, 3.8) is 0 Å². The van der Waals surface area contributed by atoms with Gasteiger partial charge in [-0.3, -0.25) is 4.79 Å². The zero-order chi connectivity index (χ0) is 18.8. The highest BCUT2D eigenvalue weighted by molar-refractivity contribution is 9.10. The molecule has 0 saturated heterocycles. The number of ether oxygens (including phenoxy) is 1. The van der Waals surface area contributed by atoms with Gasteiger partial charge in [0.2, 0.25) is 0 Å². The molecule has 6 nitrogen and oxygen atoms in total. The number of hydrogen-bond acceptors (Lipinski definition) is 5. The average molecular weight is 415 g/mol. The van der Waals surface area contributed by atoms with Crippen LogP contribution in [0.1, 0.15) is 16.1 Å². The number of pyridine rings is 1. The van der Waals surface area contributed by atoms with Crippen LogP contribution in [-0.4, -0.2) is 18.0 Å². The molecule has 3 N–H and O–H groups in total. The predicted molar refractivity (Wildman–Crippen MR) is 98.9 cm³/mol. The lowest BCUT2D eigenvalue weighted by Crippen LogP contribution is -2.16. The number of nitrogens with zero attached hydrogens (tertiary/aromatic N) is 2. The van der Waals surface area contributed by atoms with E-state index in [1.54, 1.807) is 18.2 Å². The molecule has 1 amide bonds. The number of nitriles is 1. The van der Waals surface area contributed by atoms with Crippen molar-refractivity contribution in [3.05, 3.63) is 57.9 Å². The minimum absolute atomic E-state index is 0.00983. The van der Waals surface area contributed by atoms with Crippen molar-refractivity contribution in [2.24, 2.45) is 5.73 Å². The number of amides is 1. The Morgan fingerprint density at radius 1 is 1.35 bits per heavy atom. The normalized spacial score (nSPS) is 10.4. The van der Waals surface area contributed by atoms with E-state index in [4.69, 9.17) is 10.5 Å². The van der Waals surface area contributed by atoms with Gasteiger partial charge in [0, 0.05) is 17.1 Å². The Labute approximate surface area is 156 Å². The first kappa shape index (κ1) is 17.6. The zero-order valence-corrected chi connectivity index (χ0v) is 15.1. The monoisotopic (exact) mass is 414 g/mol. The summed E-state index contributed by atoms with van der Waals surface area (Å²) in [7, 11) is 1.51. The average Bonchev–Trinajstić information content (AvgIpc) is 2.63. The number of nitrogens with two attached hydrogens (primary N) is 1. The van der Waals surface area contributed by atoms with Crippen molar-refractivity contribution < 1.29 is 13.9 Å². The van der Waals surface area contributed by atoms with Crippen LogP contribution in [0.3, 0.4) is 0 Å². The highest BCUT2D eigenvalue weighted by Gasteiger charge is 2.19. The van der Waals surface area contributed by atoms with Crippen LogP contribution in [0.5, 0.6) is 5.75 Å². The lowest BCUT2D eigenvalue weighted by molar-refractivity contribution is 0.0995. The maximum absolute atomic E-state index is 13.5. The second-order valence-corrected chi connectivity index (χ2v) is 6.18. The van der Waals surface area contributed by atoms with E-state index in [2.05, 4.69) is 26.2 Å². The smallest absolute Gasteiger partial charge is 0.268 e. The predicted octanol–water partition coefficient (Wildman–Crippen LogP) is 3.86. The molecular formula is C18H12BrFN4O2. The van der Waals surface area contributed by atoms with E-state index in [0.29, 0.717) is 28.0 Å². The number of fused-ring (bicyclic) bond motifs is 1. The summed E-state index contributed by atoms with van der Waals surface area (Å²) in [4.78, 5) is 16.0. The Bertz CT molecular complexity index is 1080. The summed E-state index contributed by atoms with van der Waals surface area (Å²) in [5, 5.41) is 13.2. The number of hydrogen-bond donors (Lipinski definition) is 2. The first-order valence-corrected chi connectivity index (χ1v) is 8.17. The molecule has 0 fully saturated rings. The van der Waals surface area contributed by atoms with Crippen molar-refractivity contribution in [3.8, 4) is 11.8 Å². The van der Waals surface area contributed by atoms with Gasteiger partial charge in [-0.2, -0.15) is 5.26 Å². The second-order valence-electron chi connectivity index (χ2n) is 5.32. The highest BCUT2D eigenvalue weighted by atomic mass is 79.9. The van der Waals surface area contributed by atoms with Crippen LogP contribution in [0.4, 0.5) is 15.8 Å². The number of nitrogens with one attached hydrogen (secondary N) is 1. The van der Waals surface area contributed by atoms with Crippen molar-refractivity contribution in [1.29, 1.82) is 5.26 Å². The maximum atomic E-state index is 13.5. The quantitative estimate of drug-likeness (QED) is 0.674. The summed E-state index contributed by atoms with van der Waals surface area (Å²) in [5.74, 6) is -0.701. The van der Waals surface area contributed by atoms with E-state index in [1.807, 2.05) is 6.07 Å². The molecule has 0 aliphatic carbocycles. The van der Waals surface area contributed by atoms with E-state index in [1.165, 1.54) is 25.3 Å². The number of methoxy groups -OCH3 is 1. The van der Waals surface area contributed by atoms with Crippen LogP contribution < -0.4 is 15.8 Å². The van der Waals surface area contributed by atoms with Gasteiger partial charge in [-0.25, -0.2) is 9.37 Å². The van der Waals surface area contributed by atoms with Crippen LogP contribution >= 0.6 is 15.9 Å². The van der Waals surface area contributed by atoms with Crippen molar-refractivity contribution in [1.82, 2.24) is 4.98 Å². The summed E-state index contributed by atoms with van der Waals surface area (Å²) in [5.41, 5.74) is 6.55. The molecule has 3 rings (SSSR count). The number of benzene rings is 2. The summed E-state index contributed by atoms with van der Waals surface area (Å²) in [6, 6.07) is 11.3. The number of carbonyl (C=O) groups excluding carboxylic acids is 1. The van der Waals surface area contributed by atoms with Gasteiger partial charge in [-0.1, -0.05) is 0 Å². The van der Waals surface area contributed by atoms with E-state index < -0.39 is 11.7 Å². The van der Waals surface area contributed by atoms with E-state index in [-0.39, 0.29) is 15.7 Å². The van der Waals surface area contributed by atoms with Gasteiger partial charge in [0.05, 0.1) is 22.8 Å². The highest BCUT2D eigenvalue weighted by Crippen LogP contribution is 2.33. The van der Waals surface area contributed by atoms with E-state index in [9.17, 15) is 14.4 Å². The van der Waals surface area contributed by atoms with Crippen LogP contribution in [0.25, 0.3) is 10.9 Å². The van der Waals surface area contributed by atoms with Gasteiger partial charge in [0.15, 0.2) is 0 Å². The Kier molecular flexibility index (Phi) is 4.73. The molecule has 0 atom stereocenters. The number of halogens is 2. The molecule has 1 aromatic heterocycles. The maximum Gasteiger partial charge on any atom is 0.268 e. The third kappa shape index (κ3) is 3.17. The minimum atomic E-state index is -0.824. The topological polar surface area (TPSA) is 101 Å². The van der Waals surface area contributed by atoms with Gasteiger partial charge in [-0.05, 0) is 46.3 Å². The number of carbonyl (C=O) groups is 1. The first-order valence-electron chi connectivity index (χ1n) is 7.38. The van der Waals surface area contributed by atoms with Gasteiger partial charge in [0.25, 0.3) is 5.91 Å². The van der Waals surface area contributed by atoms with Crippen molar-refractivity contribution in [2.45, 2.75) is 0 Å². The molecule has 26 heavy (non-hydrogen) atoms. The van der Waals surface area contributed by atoms with Gasteiger partial charge >= 0.3 is 0 Å². The molecule has 0 saturated carbocycles. The molecule has 0 aliphatic heterocycles. The molecule has 0 bridgehead atoms. The number of rotatable bonds is 4. The molecule has 1 heterocycles. The molecular weight excluding hydrogens is 403 g/mol. The zero-order valence-electron chi connectivity index (χ0n) is 13.5. The lowest BCUT2D eigenvalue weighted by Gasteiger charge is -2.14. The van der Waals surface area contributed by atoms with Crippen LogP contribution in [0.15, 0.2) is 40.9 Å². The standard InChI is InChI=1S/C18H12BrFN4O2/c1-26-10-3-4-11-15(7-10)24-17(18(22)25)12(8-21)16(11)23-9-2-5-14(20)13(19)6-9/h2-7H,1H3,(H2,22,25)(H,23,24). The number of primary amides is 1. The van der Waals surface area contributed by atoms with Gasteiger partial charge < -0.3 is 15.8 Å². The van der Waals surface area contributed by atoms with Crippen LogP contribution in [-0.2, 0) is 0 Å². The fourth-order valence-electron chi connectivity index (χ4n) is 2.51. The summed E-state index contributed by atoms with van der Waals surface area (Å²) in [6.45, 7) is 0. The van der Waals surface area contributed by atoms with E-state index in [0.717, 1.165) is 0 Å². The summed E-state index contributed by atoms with van der Waals surface area (Å²) in [6.07, 6.45) is 0. The Morgan fingerprint density at radius 2 is 2.12 bits per heavy atom. The first-order chi connectivity index (χ1) is 12.4. The molecule has 0 spiro atoms. The van der Waals surface area contributed by atoms with Gasteiger partial charge in [0.1, 0.15) is 28.9 Å². The number of aromatic nitrogens is 1. The Balaban J connectivity index is 2.28. The minimum Gasteiger partial charge on any atom is -0.497 e. The molecule has 0 radical (unpaired) electrons. The second kappa shape index (κ2) is 6.98. The molecule has 0 aliphatic rings. The SMILES string of the molecule is COc1ccc2c(Nc3ccc(F)c(Br)c3)c(C#N)c(C(N)=O)nc2c1. The molecule has 3 aromatic rings. The summed E-state index contributed by atoms with van der Waals surface area (Å²) >= 11 is 3.12. The van der Waals surface area contributed by atoms with Crippen LogP contribution in [0, 0.1) is 17.1 Å². The lowest BCUT2D eigenvalue weighted by atomic mass is 10.1. The van der Waals surface area contributed by atoms with Crippen molar-refractivity contribution >= 4 is 44.1 Å². The van der Waals surface area contributed by atoms with Gasteiger partial charge in [-0.15, -0.1) is 0 Å². The molecule has 0 unspecified atom stereocenters. The Hall–Kier alpha value is -3.18. The fraction of sp³-hybridized carbons (Fsp3) is 0.0556. The summed E-state index contributed by atoms with van der Waals surface area (Å²) < 4.78 is 18.9. The van der Waals surface area contributed by atoms with E-state index >= 15 is 0 Å². The third-order valence-corrected chi connectivity index (χ3v) is 4.34. The molecule has 130 valence electrons.